The average molecular weight is 1370 g/mol. The highest BCUT2D eigenvalue weighted by atomic mass is 127. The molecule has 0 saturated heterocycles. The second-order valence-corrected chi connectivity index (χ2v) is 17.4. The maximum absolute atomic E-state index is 12.9. The van der Waals surface area contributed by atoms with Crippen LogP contribution in [0.2, 0.25) is 0 Å². The number of carboxylic acids is 2. The summed E-state index contributed by atoms with van der Waals surface area (Å²) in [5.41, 5.74) is 2.33. The number of carbonyl (C=O) groups is 6. The van der Waals surface area contributed by atoms with Crippen LogP contribution < -0.4 is 21.3 Å². The summed E-state index contributed by atoms with van der Waals surface area (Å²) in [6.45, 7) is 3.77. The third kappa shape index (κ3) is 13.2. The highest BCUT2D eigenvalue weighted by Crippen LogP contribution is 2.37. The zero-order chi connectivity index (χ0) is 37.7. The molecule has 4 amide bonds. The van der Waals surface area contributed by atoms with Crippen molar-refractivity contribution in [2.24, 2.45) is 0 Å². The predicted molar refractivity (Wildman–Crippen MR) is 242 cm³/mol. The van der Waals surface area contributed by atoms with Crippen LogP contribution in [0.25, 0.3) is 0 Å². The smallest absolute Gasteiger partial charge is 0.337 e. The summed E-state index contributed by atoms with van der Waals surface area (Å²) in [7, 11) is 0. The second-order valence-electron chi connectivity index (χ2n) is 10.9. The van der Waals surface area contributed by atoms with E-state index in [9.17, 15) is 39.0 Å². The van der Waals surface area contributed by atoms with E-state index < -0.39 is 11.9 Å². The van der Waals surface area contributed by atoms with E-state index in [0.717, 1.165) is 25.7 Å². The van der Waals surface area contributed by atoms with Crippen molar-refractivity contribution in [3.63, 3.8) is 0 Å². The molecule has 6 N–H and O–H groups in total. The van der Waals surface area contributed by atoms with Crippen molar-refractivity contribution in [3.05, 3.63) is 43.7 Å². The van der Waals surface area contributed by atoms with Gasteiger partial charge in [-0.3, -0.25) is 19.2 Å². The lowest BCUT2D eigenvalue weighted by Gasteiger charge is -2.19. The van der Waals surface area contributed by atoms with Gasteiger partial charge >= 0.3 is 11.9 Å². The number of nitrogens with one attached hydrogen (secondary N) is 4. The van der Waals surface area contributed by atoms with Crippen molar-refractivity contribution in [1.29, 1.82) is 0 Å². The fraction of sp³-hybridized carbons (Fsp3) is 0.438. The van der Waals surface area contributed by atoms with Crippen molar-refractivity contribution in [2.75, 3.05) is 10.6 Å². The standard InChI is InChI=1S/C32H36I6N4O8/c1-3-17(43)39-13-15-23(33)21(31(47)48)27(37)29(25(15)35)41-19(45)11-9-7-5-6-8-10-12-20(46)42-30-26(36)16(14-40-18(44)4-2)24(34)22(28(30)38)32(49)50/h3-14H2,1-2H3,(H,39,43)(H,40,44)(H,41,45)(H,42,46)(H,47,48)(H,49,50). The van der Waals surface area contributed by atoms with Gasteiger partial charge in [0.25, 0.3) is 0 Å². The first-order chi connectivity index (χ1) is 23.6. The van der Waals surface area contributed by atoms with Gasteiger partial charge in [0.05, 0.1) is 29.6 Å². The van der Waals surface area contributed by atoms with E-state index in [-0.39, 0.29) is 60.7 Å². The maximum Gasteiger partial charge on any atom is 0.337 e. The third-order valence-electron chi connectivity index (χ3n) is 7.40. The Morgan fingerprint density at radius 1 is 0.480 bits per heavy atom. The summed E-state index contributed by atoms with van der Waals surface area (Å²) in [5.74, 6) is -2.98. The van der Waals surface area contributed by atoms with E-state index in [1.165, 1.54) is 0 Å². The quantitative estimate of drug-likeness (QED) is 0.0597. The number of carbonyl (C=O) groups excluding carboxylic acids is 4. The van der Waals surface area contributed by atoms with E-state index in [2.05, 4.69) is 66.4 Å². The zero-order valence-corrected chi connectivity index (χ0v) is 40.0. The molecule has 274 valence electrons. The van der Waals surface area contributed by atoms with Gasteiger partial charge in [0.1, 0.15) is 0 Å². The van der Waals surface area contributed by atoms with Gasteiger partial charge in [-0.25, -0.2) is 9.59 Å². The molecule has 0 fully saturated rings. The van der Waals surface area contributed by atoms with Crippen LogP contribution >= 0.6 is 136 Å². The van der Waals surface area contributed by atoms with Crippen molar-refractivity contribution in [3.8, 4) is 0 Å². The van der Waals surface area contributed by atoms with Crippen LogP contribution in [-0.2, 0) is 32.3 Å². The number of unbranched alkanes of at least 4 members (excludes halogenated alkanes) is 5. The monoisotopic (exact) mass is 1370 g/mol. The van der Waals surface area contributed by atoms with E-state index in [4.69, 9.17) is 0 Å². The van der Waals surface area contributed by atoms with E-state index in [1.807, 2.05) is 90.4 Å². The van der Waals surface area contributed by atoms with Gasteiger partial charge in [-0.05, 0) is 148 Å². The number of carboxylic acid groups (broad SMARTS) is 2. The molecular weight excluding hydrogens is 1330 g/mol. The number of aromatic carboxylic acids is 2. The Labute approximate surface area is 372 Å². The van der Waals surface area contributed by atoms with Gasteiger partial charge in [0.2, 0.25) is 23.6 Å². The Hall–Kier alpha value is -0.360. The molecule has 0 aromatic heterocycles. The van der Waals surface area contributed by atoms with E-state index in [0.29, 0.717) is 69.6 Å². The summed E-state index contributed by atoms with van der Waals surface area (Å²) in [6.07, 6.45) is 5.79. The zero-order valence-electron chi connectivity index (χ0n) is 27.1. The Kier molecular flexibility index (Phi) is 20.8. The molecule has 0 saturated carbocycles. The van der Waals surface area contributed by atoms with Gasteiger partial charge in [0.15, 0.2) is 0 Å². The van der Waals surface area contributed by atoms with Gasteiger partial charge < -0.3 is 31.5 Å². The average Bonchev–Trinajstić information content (AvgIpc) is 3.05. The second kappa shape index (κ2) is 22.8. The minimum absolute atomic E-state index is 0.0894. The lowest BCUT2D eigenvalue weighted by atomic mass is 10.1. The van der Waals surface area contributed by atoms with Crippen molar-refractivity contribution in [1.82, 2.24) is 10.6 Å². The van der Waals surface area contributed by atoms with Crippen molar-refractivity contribution < 1.29 is 39.0 Å². The van der Waals surface area contributed by atoms with Crippen LogP contribution in [0.3, 0.4) is 0 Å². The number of benzene rings is 2. The molecular formula is C32H36I6N4O8. The summed E-state index contributed by atoms with van der Waals surface area (Å²) >= 11 is 12.0. The van der Waals surface area contributed by atoms with Crippen molar-refractivity contribution >= 4 is 182 Å². The molecule has 0 aliphatic rings. The van der Waals surface area contributed by atoms with Crippen LogP contribution in [0.4, 0.5) is 11.4 Å². The maximum atomic E-state index is 12.9. The summed E-state index contributed by atoms with van der Waals surface area (Å²) in [5, 5.41) is 31.1. The molecule has 12 nitrogen and oxygen atoms in total. The van der Waals surface area contributed by atoms with Crippen LogP contribution in [0, 0.1) is 21.4 Å². The molecule has 18 heteroatoms. The molecule has 0 aliphatic carbocycles. The number of halogens is 6. The number of rotatable bonds is 19. The van der Waals surface area contributed by atoms with Crippen LogP contribution in [0.5, 0.6) is 0 Å². The topological polar surface area (TPSA) is 191 Å². The first-order valence-electron chi connectivity index (χ1n) is 15.5. The molecule has 2 aromatic rings. The first kappa shape index (κ1) is 45.8. The molecule has 0 atom stereocenters. The summed E-state index contributed by atoms with van der Waals surface area (Å²) < 4.78 is 3.27. The number of hydrogen-bond donors (Lipinski definition) is 6. The molecule has 0 aliphatic heterocycles. The number of amides is 4. The molecule has 0 radical (unpaired) electrons. The Bertz CT molecular complexity index is 1530. The van der Waals surface area contributed by atoms with Crippen molar-refractivity contribution in [2.45, 2.75) is 91.1 Å². The lowest BCUT2D eigenvalue weighted by molar-refractivity contribution is -0.121. The molecule has 0 bridgehead atoms. The molecule has 2 aromatic carbocycles. The van der Waals surface area contributed by atoms with E-state index in [1.54, 1.807) is 13.8 Å². The third-order valence-corrected chi connectivity index (χ3v) is 14.3. The Morgan fingerprint density at radius 3 is 1.10 bits per heavy atom. The van der Waals surface area contributed by atoms with Crippen LogP contribution in [-0.4, -0.2) is 45.8 Å². The molecule has 0 spiro atoms. The van der Waals surface area contributed by atoms with Gasteiger partial charge in [-0.15, -0.1) is 0 Å². The molecule has 0 unspecified atom stereocenters. The molecule has 0 heterocycles. The van der Waals surface area contributed by atoms with Gasteiger partial charge in [0, 0.05) is 64.2 Å². The van der Waals surface area contributed by atoms with Gasteiger partial charge in [-0.2, -0.15) is 0 Å². The predicted octanol–water partition coefficient (Wildman–Crippen LogP) is 8.46. The number of anilines is 2. The van der Waals surface area contributed by atoms with Gasteiger partial charge in [-0.1, -0.05) is 39.5 Å². The highest BCUT2D eigenvalue weighted by Gasteiger charge is 2.27. The van der Waals surface area contributed by atoms with E-state index >= 15 is 0 Å². The minimum atomic E-state index is -1.11. The fourth-order valence-corrected chi connectivity index (χ4v) is 13.2. The lowest BCUT2D eigenvalue weighted by Crippen LogP contribution is -2.25. The molecule has 50 heavy (non-hydrogen) atoms. The highest BCUT2D eigenvalue weighted by molar-refractivity contribution is 14.1. The summed E-state index contributed by atoms with van der Waals surface area (Å²) in [4.78, 5) is 73.5. The van der Waals surface area contributed by atoms with Crippen LogP contribution in [0.15, 0.2) is 0 Å². The number of hydrogen-bond acceptors (Lipinski definition) is 6. The first-order valence-corrected chi connectivity index (χ1v) is 22.0. The fourth-order valence-electron chi connectivity index (χ4n) is 4.64. The largest absolute Gasteiger partial charge is 0.478 e. The minimum Gasteiger partial charge on any atom is -0.478 e. The Morgan fingerprint density at radius 2 is 0.800 bits per heavy atom. The normalized spacial score (nSPS) is 10.8. The summed E-state index contributed by atoms with van der Waals surface area (Å²) in [6, 6.07) is 0. The Balaban J connectivity index is 1.89. The molecule has 2 rings (SSSR count). The van der Waals surface area contributed by atoms with Crippen LogP contribution in [0.1, 0.15) is 110 Å². The SMILES string of the molecule is CCC(=O)NCc1c(I)c(NC(=O)CCCCCCCCC(=O)Nc2c(I)c(CNC(=O)CC)c(I)c(C(=O)O)c2I)c(I)c(C(=O)O)c1I.